The van der Waals surface area contributed by atoms with Crippen molar-refractivity contribution in [3.05, 3.63) is 35.4 Å². The van der Waals surface area contributed by atoms with Gasteiger partial charge in [-0.25, -0.2) is 4.98 Å². The molecule has 3 aliphatic rings. The van der Waals surface area contributed by atoms with Crippen LogP contribution in [0.3, 0.4) is 0 Å². The van der Waals surface area contributed by atoms with Crippen LogP contribution in [0.5, 0.6) is 6.01 Å². The number of nitrogens with one attached hydrogen (secondary N) is 1. The van der Waals surface area contributed by atoms with Crippen LogP contribution < -0.4 is 9.64 Å². The lowest BCUT2D eigenvalue weighted by atomic mass is 9.98. The largest absolute Gasteiger partial charge is 0.458 e. The lowest BCUT2D eigenvalue weighted by Crippen LogP contribution is -2.36. The molecule has 2 aliphatic carbocycles. The number of aromatic amines is 1. The van der Waals surface area contributed by atoms with E-state index in [0.29, 0.717) is 34.2 Å². The number of aliphatic hydroxyl groups excluding tert-OH is 1. The van der Waals surface area contributed by atoms with Gasteiger partial charge in [0.25, 0.3) is 6.01 Å². The first-order valence-corrected chi connectivity index (χ1v) is 12.8. The highest BCUT2D eigenvalue weighted by Crippen LogP contribution is 2.62. The van der Waals surface area contributed by atoms with E-state index in [1.54, 1.807) is 0 Å². The number of ether oxygens (including phenoxy) is 2. The third-order valence-corrected chi connectivity index (χ3v) is 8.21. The smallest absolute Gasteiger partial charge is 0.296 e. The molecule has 9 heteroatoms. The van der Waals surface area contributed by atoms with Crippen molar-refractivity contribution >= 4 is 28.5 Å². The highest BCUT2D eigenvalue weighted by Gasteiger charge is 2.64. The van der Waals surface area contributed by atoms with Crippen molar-refractivity contribution in [2.24, 2.45) is 11.8 Å². The summed E-state index contributed by atoms with van der Waals surface area (Å²) in [5.41, 5.74) is 4.06. The van der Waals surface area contributed by atoms with Crippen LogP contribution in [0, 0.1) is 11.8 Å². The molecule has 8 nitrogen and oxygen atoms in total. The van der Waals surface area contributed by atoms with Gasteiger partial charge in [-0.15, -0.1) is 0 Å². The summed E-state index contributed by atoms with van der Waals surface area (Å²) in [7, 11) is 3.82. The third kappa shape index (κ3) is 4.37. The zero-order chi connectivity index (χ0) is 24.2. The molecule has 1 aromatic carbocycles. The standard InChI is InChI=1S/C26H32ClN5O3/c1-31(2)22(33)13-17-7-8-26(15-19(17)26)35-25-28-21-14-20(27)23(29-24(21)30-25)16-3-5-18(6-4-16)32-9-11-34-12-10-32/h3-6,14,17,19,22,33H,7-13,15H2,1-2H3,(H,28,29,30)/t17-,19?,22?,26-/m0/s1. The van der Waals surface area contributed by atoms with Crippen molar-refractivity contribution < 1.29 is 14.6 Å². The van der Waals surface area contributed by atoms with E-state index < -0.39 is 6.23 Å². The molecule has 2 aromatic heterocycles. The second kappa shape index (κ2) is 8.92. The van der Waals surface area contributed by atoms with Crippen molar-refractivity contribution in [1.82, 2.24) is 19.9 Å². The topological polar surface area (TPSA) is 86.7 Å². The molecule has 0 amide bonds. The van der Waals surface area contributed by atoms with E-state index in [-0.39, 0.29) is 5.60 Å². The van der Waals surface area contributed by atoms with E-state index in [9.17, 15) is 5.11 Å². The number of morpholine rings is 1. The van der Waals surface area contributed by atoms with Gasteiger partial charge in [0.2, 0.25) is 0 Å². The Kier molecular flexibility index (Phi) is 5.87. The summed E-state index contributed by atoms with van der Waals surface area (Å²) in [4.78, 5) is 16.9. The Morgan fingerprint density at radius 3 is 2.74 bits per heavy atom. The molecular formula is C26H32ClN5O3. The Morgan fingerprint density at radius 1 is 1.26 bits per heavy atom. The summed E-state index contributed by atoms with van der Waals surface area (Å²) >= 11 is 6.63. The maximum atomic E-state index is 10.3. The average Bonchev–Trinajstić information content (AvgIpc) is 3.27. The lowest BCUT2D eigenvalue weighted by Gasteiger charge is -2.28. The van der Waals surface area contributed by atoms with Gasteiger partial charge in [-0.2, -0.15) is 4.98 Å². The van der Waals surface area contributed by atoms with E-state index in [1.165, 1.54) is 5.69 Å². The number of nitrogens with zero attached hydrogens (tertiary/aromatic N) is 4. The maximum Gasteiger partial charge on any atom is 0.296 e. The number of aromatic nitrogens is 3. The second-order valence-electron chi connectivity index (χ2n) is 10.3. The summed E-state index contributed by atoms with van der Waals surface area (Å²) in [6.07, 6.45) is 3.46. The van der Waals surface area contributed by atoms with Crippen molar-refractivity contribution in [1.29, 1.82) is 0 Å². The number of aliphatic hydroxyl groups is 1. The molecule has 0 radical (unpaired) electrons. The molecule has 0 spiro atoms. The number of halogens is 1. The number of pyridine rings is 1. The Balaban J connectivity index is 1.18. The predicted molar refractivity (Wildman–Crippen MR) is 136 cm³/mol. The summed E-state index contributed by atoms with van der Waals surface area (Å²) < 4.78 is 11.9. The number of fused-ring (bicyclic) bond motifs is 2. The summed E-state index contributed by atoms with van der Waals surface area (Å²) in [6, 6.07) is 10.7. The molecule has 4 atom stereocenters. The van der Waals surface area contributed by atoms with Crippen LogP contribution >= 0.6 is 11.6 Å². The fourth-order valence-corrected chi connectivity index (χ4v) is 6.01. The van der Waals surface area contributed by atoms with Gasteiger partial charge in [-0.1, -0.05) is 23.7 Å². The first-order valence-electron chi connectivity index (χ1n) is 12.4. The van der Waals surface area contributed by atoms with Crippen LogP contribution in [0.4, 0.5) is 5.69 Å². The first kappa shape index (κ1) is 23.0. The maximum absolute atomic E-state index is 10.3. The molecule has 35 heavy (non-hydrogen) atoms. The average molecular weight is 498 g/mol. The Hall–Kier alpha value is -2.39. The fraction of sp³-hybridized carbons (Fsp3) is 0.538. The van der Waals surface area contributed by atoms with Crippen molar-refractivity contribution in [3.63, 3.8) is 0 Å². The van der Waals surface area contributed by atoms with Gasteiger partial charge >= 0.3 is 0 Å². The first-order chi connectivity index (χ1) is 16.9. The molecule has 1 saturated heterocycles. The van der Waals surface area contributed by atoms with E-state index in [1.807, 2.05) is 25.1 Å². The van der Waals surface area contributed by atoms with Crippen molar-refractivity contribution in [2.75, 3.05) is 45.3 Å². The number of rotatable bonds is 7. The molecule has 3 aromatic rings. The van der Waals surface area contributed by atoms with Gasteiger partial charge in [0, 0.05) is 30.3 Å². The number of imidazole rings is 1. The quantitative estimate of drug-likeness (QED) is 0.478. The van der Waals surface area contributed by atoms with E-state index in [4.69, 9.17) is 26.1 Å². The van der Waals surface area contributed by atoms with Crippen LogP contribution in [0.15, 0.2) is 30.3 Å². The molecule has 2 saturated carbocycles. The summed E-state index contributed by atoms with van der Waals surface area (Å²) in [6.45, 7) is 3.32. The zero-order valence-corrected chi connectivity index (χ0v) is 21.0. The van der Waals surface area contributed by atoms with Gasteiger partial charge in [0.15, 0.2) is 5.65 Å². The molecule has 2 unspecified atom stereocenters. The van der Waals surface area contributed by atoms with Crippen LogP contribution in [-0.2, 0) is 4.74 Å². The number of benzene rings is 1. The minimum absolute atomic E-state index is 0.160. The Labute approximate surface area is 210 Å². The number of hydrogen-bond donors (Lipinski definition) is 2. The van der Waals surface area contributed by atoms with E-state index in [2.05, 4.69) is 39.1 Å². The minimum Gasteiger partial charge on any atom is -0.458 e. The zero-order valence-electron chi connectivity index (χ0n) is 20.2. The van der Waals surface area contributed by atoms with Crippen molar-refractivity contribution in [3.8, 4) is 17.3 Å². The van der Waals surface area contributed by atoms with Crippen molar-refractivity contribution in [2.45, 2.75) is 37.5 Å². The molecule has 1 aliphatic heterocycles. The third-order valence-electron chi connectivity index (χ3n) is 7.92. The molecule has 0 bridgehead atoms. The Morgan fingerprint density at radius 2 is 2.03 bits per heavy atom. The Bertz CT molecular complexity index is 1210. The van der Waals surface area contributed by atoms with Gasteiger partial charge in [-0.05, 0) is 63.9 Å². The normalized spacial score (nSPS) is 26.8. The number of hydrogen-bond acceptors (Lipinski definition) is 7. The molecular weight excluding hydrogens is 466 g/mol. The van der Waals surface area contributed by atoms with E-state index in [0.717, 1.165) is 63.1 Å². The predicted octanol–water partition coefficient (Wildman–Crippen LogP) is 3.93. The van der Waals surface area contributed by atoms with Crippen LogP contribution in [-0.4, -0.2) is 77.2 Å². The second-order valence-corrected chi connectivity index (χ2v) is 10.7. The molecule has 3 fully saturated rings. The number of anilines is 1. The molecule has 6 rings (SSSR count). The van der Waals surface area contributed by atoms with Gasteiger partial charge in [0.1, 0.15) is 11.8 Å². The SMILES string of the molecule is CN(C)C(O)C[C@@H]1CC[C@]2(Oc3nc4nc(-c5ccc(N6CCOCC6)cc5)c(Cl)cc4[nH]3)CC12. The van der Waals surface area contributed by atoms with Crippen LogP contribution in [0.2, 0.25) is 5.02 Å². The van der Waals surface area contributed by atoms with Gasteiger partial charge < -0.3 is 24.5 Å². The van der Waals surface area contributed by atoms with Crippen LogP contribution in [0.1, 0.15) is 25.7 Å². The monoisotopic (exact) mass is 497 g/mol. The molecule has 186 valence electrons. The highest BCUT2D eigenvalue weighted by molar-refractivity contribution is 6.33. The molecule has 3 heterocycles. The lowest BCUT2D eigenvalue weighted by molar-refractivity contribution is 0.0171. The number of H-pyrrole nitrogens is 1. The summed E-state index contributed by atoms with van der Waals surface area (Å²) in [5.74, 6) is 0.957. The molecule has 2 N–H and O–H groups in total. The highest BCUT2D eigenvalue weighted by atomic mass is 35.5. The summed E-state index contributed by atoms with van der Waals surface area (Å²) in [5, 5.41) is 10.8. The van der Waals surface area contributed by atoms with Crippen LogP contribution in [0.25, 0.3) is 22.4 Å². The fourth-order valence-electron chi connectivity index (χ4n) is 5.75. The minimum atomic E-state index is -0.407. The van der Waals surface area contributed by atoms with Gasteiger partial charge in [-0.3, -0.25) is 4.90 Å². The van der Waals surface area contributed by atoms with Gasteiger partial charge in [0.05, 0.1) is 29.4 Å². The van der Waals surface area contributed by atoms with E-state index >= 15 is 0 Å².